The van der Waals surface area contributed by atoms with E-state index in [0.29, 0.717) is 73.3 Å². The van der Waals surface area contributed by atoms with Gasteiger partial charge in [-0.1, -0.05) is 148 Å². The van der Waals surface area contributed by atoms with E-state index in [2.05, 4.69) is 9.97 Å². The summed E-state index contributed by atoms with van der Waals surface area (Å²) in [6.07, 6.45) is -19.0. The molecule has 2 aliphatic carbocycles. The Kier molecular flexibility index (Phi) is 14.4. The van der Waals surface area contributed by atoms with Gasteiger partial charge in [0.2, 0.25) is 11.8 Å². The topological polar surface area (TPSA) is 117 Å². The van der Waals surface area contributed by atoms with Gasteiger partial charge in [0.05, 0.1) is 26.2 Å². The van der Waals surface area contributed by atoms with E-state index in [1.54, 1.807) is 24.3 Å². The lowest BCUT2D eigenvalue weighted by Crippen LogP contribution is -2.40. The minimum Gasteiger partial charge on any atom is -0.336 e. The van der Waals surface area contributed by atoms with Crippen molar-refractivity contribution in [3.63, 3.8) is 0 Å². The van der Waals surface area contributed by atoms with E-state index in [4.69, 9.17) is 39.8 Å². The molecule has 0 N–H and O–H groups in total. The zero-order valence-electron chi connectivity index (χ0n) is 80.3. The molecule has 10 rings (SSSR count). The van der Waals surface area contributed by atoms with Crippen LogP contribution in [0.15, 0.2) is 159 Å². The van der Waals surface area contributed by atoms with Crippen LogP contribution in [0.5, 0.6) is 0 Å². The SMILES string of the molecule is [2H]C([2H])(Sc1nc(=O)c2c(n1CC(=O)N(CCN(C([2H])([2H])C)C([2H])([2H])C)Cc1ccc(-c3ccc(C(F)(F)F)cc3)cc1)CCC2)c1ccc(F)cc1.[2H]c1c([2H])c(C([2H])([2H])Sc2nc(=O)c3c(n2CC(=O)N(CCN(C([2H])([2H])C)C([2H])([2H])C)Cc2c([2H])c([2H])c(-c4c([2H])c([2H])c(C(F)(F)F)c(C)c4[2H])c([2H])c2[2H])C([2H])([2H])C([2H])([2H])C3([2H])[2H])c([2H])c([2H])c1F. The van der Waals surface area contributed by atoms with Gasteiger partial charge in [-0.2, -0.15) is 36.3 Å². The van der Waals surface area contributed by atoms with Crippen LogP contribution in [-0.2, 0) is 85.1 Å². The molecule has 0 fully saturated rings. The van der Waals surface area contributed by atoms with E-state index in [0.717, 1.165) is 49.9 Å². The molecule has 12 nitrogen and oxygen atoms in total. The molecule has 0 saturated heterocycles. The van der Waals surface area contributed by atoms with Gasteiger partial charge in [0, 0.05) is 97.9 Å². The number of hydrogen-bond acceptors (Lipinski definition) is 10. The Morgan fingerprint density at radius 2 is 1.04 bits per heavy atom. The van der Waals surface area contributed by atoms with Crippen molar-refractivity contribution in [3.8, 4) is 22.3 Å². The number of aromatic nitrogens is 4. The maximum atomic E-state index is 14.9. The van der Waals surface area contributed by atoms with Crippen molar-refractivity contribution in [1.29, 1.82) is 0 Å². The lowest BCUT2D eigenvalue weighted by atomic mass is 9.98. The second-order valence-electron chi connectivity index (χ2n) is 20.8. The molecule has 8 aromatic rings. The highest BCUT2D eigenvalue weighted by atomic mass is 32.2. The number of likely N-dealkylation sites (N-methyl/N-ethyl adjacent to an activating group) is 2. The summed E-state index contributed by atoms with van der Waals surface area (Å²) >= 11 is 0.324. The predicted molar refractivity (Wildman–Crippen MR) is 358 cm³/mol. The van der Waals surface area contributed by atoms with E-state index in [-0.39, 0.29) is 48.7 Å². The molecule has 22 heteroatoms. The van der Waals surface area contributed by atoms with E-state index in [1.807, 2.05) is 0 Å². The molecule has 0 unspecified atom stereocenters. The van der Waals surface area contributed by atoms with Gasteiger partial charge in [-0.25, -0.2) is 8.78 Å². The second kappa shape index (κ2) is 32.7. The first-order chi connectivity index (χ1) is 56.6. The average molecular weight is 1380 g/mol. The number of thioether (sulfide) groups is 2. The van der Waals surface area contributed by atoms with Gasteiger partial charge >= 0.3 is 12.4 Å². The third kappa shape index (κ3) is 19.0. The minimum absolute atomic E-state index is 0.00586. The normalized spacial score (nSPS) is 19.8. The van der Waals surface area contributed by atoms with Crippen LogP contribution < -0.4 is 11.1 Å². The summed E-state index contributed by atoms with van der Waals surface area (Å²) in [7, 11) is 0. The molecule has 0 bridgehead atoms. The molecule has 0 saturated carbocycles. The van der Waals surface area contributed by atoms with Gasteiger partial charge in [0.1, 0.15) is 24.7 Å². The maximum absolute atomic E-state index is 14.9. The first-order valence-electron chi connectivity index (χ1n) is 43.4. The number of hydrogen-bond donors (Lipinski definition) is 0. The fourth-order valence-electron chi connectivity index (χ4n) is 9.73. The van der Waals surface area contributed by atoms with Gasteiger partial charge in [-0.05, 0) is 164 Å². The first kappa shape index (κ1) is 41.9. The van der Waals surface area contributed by atoms with Crippen molar-refractivity contribution < 1.29 is 84.5 Å². The van der Waals surface area contributed by atoms with Crippen LogP contribution in [0.25, 0.3) is 22.3 Å². The highest BCUT2D eigenvalue weighted by molar-refractivity contribution is 7.98. The number of amides is 2. The third-order valence-electron chi connectivity index (χ3n) is 14.7. The first-order valence-corrected chi connectivity index (χ1v) is 30.5. The largest absolute Gasteiger partial charge is 0.416 e. The van der Waals surface area contributed by atoms with Crippen LogP contribution in [-0.4, -0.2) is 103 Å². The summed E-state index contributed by atoms with van der Waals surface area (Å²) in [4.78, 5) is 67.3. The molecule has 2 heterocycles. The highest BCUT2D eigenvalue weighted by Crippen LogP contribution is 2.36. The molecular formula is C73H78F8N8O4S2. The molecule has 6 aromatic carbocycles. The van der Waals surface area contributed by atoms with E-state index in [1.165, 1.54) is 47.6 Å². The highest BCUT2D eigenvalue weighted by Gasteiger charge is 2.33. The Morgan fingerprint density at radius 3 is 1.59 bits per heavy atom. The van der Waals surface area contributed by atoms with Gasteiger partial charge < -0.3 is 28.7 Å². The molecule has 2 aliphatic rings. The van der Waals surface area contributed by atoms with Crippen molar-refractivity contribution in [2.75, 3.05) is 52.2 Å². The maximum Gasteiger partial charge on any atom is 0.416 e. The number of fused-ring (bicyclic) bond motifs is 2. The van der Waals surface area contributed by atoms with Crippen LogP contribution in [0.3, 0.4) is 0 Å². The monoisotopic (exact) mass is 1380 g/mol. The van der Waals surface area contributed by atoms with Crippen molar-refractivity contribution in [1.82, 2.24) is 38.7 Å². The molecule has 0 spiro atoms. The number of carbonyl (C=O) groups excluding carboxylic acids is 2. The fourth-order valence-corrected chi connectivity index (χ4v) is 11.2. The van der Waals surface area contributed by atoms with Crippen molar-refractivity contribution >= 4 is 35.3 Å². The van der Waals surface area contributed by atoms with Gasteiger partial charge in [-0.15, -0.1) is 0 Å². The molecule has 0 radical (unpaired) electrons. The minimum atomic E-state index is -5.22. The summed E-state index contributed by atoms with van der Waals surface area (Å²) in [5, 5.41) is -1.15. The lowest BCUT2D eigenvalue weighted by molar-refractivity contribution is -0.138. The number of carbonyl (C=O) groups is 2. The number of nitrogens with zero attached hydrogens (tertiary/aromatic N) is 8. The average Bonchev–Trinajstić information content (AvgIpc) is 1.52. The van der Waals surface area contributed by atoms with Crippen molar-refractivity contribution in [2.24, 2.45) is 0 Å². The summed E-state index contributed by atoms with van der Waals surface area (Å²) in [6, 6.07) is 3.04. The second-order valence-corrected chi connectivity index (χ2v) is 22.3. The third-order valence-corrected chi connectivity index (χ3v) is 16.3. The number of alkyl halides is 6. The molecular weight excluding hydrogens is 1270 g/mol. The quantitative estimate of drug-likeness (QED) is 0.0295. The standard InChI is InChI=1S/C37H40F4N4O2S.C36H38F4N4O2S/c1-4-43(5-2)19-20-44(22-26-9-13-28(14-10-26)29-15-18-32(25(3)21-29)37(39,40)41)34(46)23-45-33-8-6-7-31(33)35(47)42-36(45)48-24-27-11-16-30(38)17-12-27;1-3-42(4-2)20-21-43(22-25-8-12-27(13-9-25)28-14-16-29(17-15-28)36(38,39)40)33(45)23-44-32-7-5-6-31(32)34(46)41-35(44)47-24-26-10-18-30(37)19-11-26/h9-18,21H,4-8,19-20,22-24H2,1-3H3;8-19H,3-7,20-24H2,1-2H3/i4D2,5D2,6D2,7D2,8D2,9D,10D,11D,12D,13D,14D,15D,16D,17D,18D,21D,24D2;3D2,4D2,24D2. The number of halogens is 8. The summed E-state index contributed by atoms with van der Waals surface area (Å²) < 4.78 is 357. The zero-order valence-corrected chi connectivity index (χ0v) is 52.9. The number of benzene rings is 6. The van der Waals surface area contributed by atoms with Crippen LogP contribution in [0.1, 0.15) is 142 Å². The Labute approximate surface area is 598 Å². The lowest BCUT2D eigenvalue weighted by Gasteiger charge is -2.28. The van der Waals surface area contributed by atoms with Gasteiger partial charge in [0.15, 0.2) is 10.3 Å². The van der Waals surface area contributed by atoms with E-state index in [9.17, 15) is 54.3 Å². The predicted octanol–water partition coefficient (Wildman–Crippen LogP) is 14.7. The Morgan fingerprint density at radius 1 is 0.547 bits per heavy atom. The zero-order chi connectivity index (χ0) is 93.7. The summed E-state index contributed by atoms with van der Waals surface area (Å²) in [5.74, 6) is -4.13. The van der Waals surface area contributed by atoms with Gasteiger partial charge in [-0.3, -0.25) is 19.2 Å². The Balaban J connectivity index is 0.000000293. The molecule has 2 amide bonds. The molecule has 0 atom stereocenters. The molecule has 502 valence electrons. The Bertz CT molecular complexity index is 5480. The van der Waals surface area contributed by atoms with E-state index < -0.39 is 251 Å². The van der Waals surface area contributed by atoms with Crippen LogP contribution in [0, 0.1) is 18.6 Å². The van der Waals surface area contributed by atoms with Crippen molar-refractivity contribution in [2.45, 2.75) is 133 Å². The smallest absolute Gasteiger partial charge is 0.336 e. The molecule has 95 heavy (non-hydrogen) atoms. The molecule has 0 aliphatic heterocycles. The Hall–Kier alpha value is -7.92. The van der Waals surface area contributed by atoms with Crippen LogP contribution >= 0.6 is 23.5 Å². The number of rotatable bonds is 26. The van der Waals surface area contributed by atoms with Crippen LogP contribution in [0.4, 0.5) is 35.1 Å². The fraction of sp³-hybridized carbons (Fsp3) is 0.370. The van der Waals surface area contributed by atoms with Crippen molar-refractivity contribution in [3.05, 3.63) is 233 Å². The van der Waals surface area contributed by atoms with Crippen LogP contribution in [0.2, 0.25) is 0 Å². The summed E-state index contributed by atoms with van der Waals surface area (Å²) in [6.45, 7) is -9.01. The summed E-state index contributed by atoms with van der Waals surface area (Å²) in [5.41, 5.74) is -14.4. The van der Waals surface area contributed by atoms with Gasteiger partial charge in [0.25, 0.3) is 11.1 Å². The van der Waals surface area contributed by atoms with E-state index >= 15 is 0 Å². The molecule has 2 aromatic heterocycles.